The summed E-state index contributed by atoms with van der Waals surface area (Å²) in [5.41, 5.74) is 0.120. The maximum Gasteiger partial charge on any atom is 0.492 e. The van der Waals surface area contributed by atoms with Gasteiger partial charge in [-0.1, -0.05) is 17.7 Å². The summed E-state index contributed by atoms with van der Waals surface area (Å²) >= 11 is 0. The van der Waals surface area contributed by atoms with Crippen LogP contribution in [0.3, 0.4) is 0 Å². The molecular weight excluding hydrogens is 167 g/mol. The standard InChI is InChI=1S/C9H13BO3/c1-3-13-9-5-4-7(2)6-8(9)10(11)12/h4-6,11-12H,3H2,1-2H3/i2D3. The Hall–Kier alpha value is -0.995. The molecule has 0 radical (unpaired) electrons. The normalized spacial score (nSPS) is 14.2. The van der Waals surface area contributed by atoms with Crippen molar-refractivity contribution in [2.75, 3.05) is 6.61 Å². The van der Waals surface area contributed by atoms with Crippen LogP contribution >= 0.6 is 0 Å². The Kier molecular flexibility index (Phi) is 2.14. The molecule has 4 heteroatoms. The van der Waals surface area contributed by atoms with Gasteiger partial charge in [-0.25, -0.2) is 0 Å². The first-order valence-corrected chi connectivity index (χ1v) is 3.99. The molecule has 0 saturated carbocycles. The van der Waals surface area contributed by atoms with Crippen LogP contribution in [0.1, 0.15) is 16.6 Å². The van der Waals surface area contributed by atoms with E-state index in [-0.39, 0.29) is 16.8 Å². The SMILES string of the molecule is [2H]C([2H])([2H])c1ccc(OCC)c(B(O)O)c1. The third-order valence-electron chi connectivity index (χ3n) is 1.59. The van der Waals surface area contributed by atoms with Gasteiger partial charge in [-0.15, -0.1) is 0 Å². The molecule has 0 aliphatic carbocycles. The van der Waals surface area contributed by atoms with Gasteiger partial charge in [-0.05, 0) is 19.8 Å². The molecule has 0 atom stereocenters. The van der Waals surface area contributed by atoms with E-state index in [4.69, 9.17) is 18.9 Å². The van der Waals surface area contributed by atoms with Crippen molar-refractivity contribution in [1.82, 2.24) is 0 Å². The molecule has 13 heavy (non-hydrogen) atoms. The van der Waals surface area contributed by atoms with Crippen molar-refractivity contribution in [1.29, 1.82) is 0 Å². The van der Waals surface area contributed by atoms with Crippen LogP contribution in [0.15, 0.2) is 18.2 Å². The molecule has 2 N–H and O–H groups in total. The largest absolute Gasteiger partial charge is 0.494 e. The molecule has 1 aromatic carbocycles. The average Bonchev–Trinajstić information content (AvgIpc) is 2.16. The molecule has 70 valence electrons. The maximum atomic E-state index is 9.11. The molecule has 3 nitrogen and oxygen atoms in total. The highest BCUT2D eigenvalue weighted by atomic mass is 16.5. The van der Waals surface area contributed by atoms with Crippen LogP contribution < -0.4 is 10.2 Å². The van der Waals surface area contributed by atoms with E-state index in [1.165, 1.54) is 18.2 Å². The van der Waals surface area contributed by atoms with Crippen LogP contribution in [0, 0.1) is 6.85 Å². The summed E-state index contributed by atoms with van der Waals surface area (Å²) in [5, 5.41) is 18.2. The highest BCUT2D eigenvalue weighted by Gasteiger charge is 2.16. The van der Waals surface area contributed by atoms with Gasteiger partial charge in [0.15, 0.2) is 0 Å². The van der Waals surface area contributed by atoms with Gasteiger partial charge in [-0.3, -0.25) is 0 Å². The molecule has 0 saturated heterocycles. The van der Waals surface area contributed by atoms with E-state index >= 15 is 0 Å². The topological polar surface area (TPSA) is 49.7 Å². The zero-order valence-electron chi connectivity index (χ0n) is 10.3. The smallest absolute Gasteiger partial charge is 0.492 e. The molecule has 1 rings (SSSR count). The van der Waals surface area contributed by atoms with E-state index in [0.717, 1.165) is 0 Å². The summed E-state index contributed by atoms with van der Waals surface area (Å²) in [7, 11) is -1.75. The molecular formula is C9H13BO3. The van der Waals surface area contributed by atoms with Crippen molar-refractivity contribution in [2.45, 2.75) is 13.8 Å². The van der Waals surface area contributed by atoms with Crippen molar-refractivity contribution in [3.8, 4) is 5.75 Å². The van der Waals surface area contributed by atoms with Crippen LogP contribution in [0.2, 0.25) is 0 Å². The average molecular weight is 183 g/mol. The number of ether oxygens (including phenoxy) is 1. The van der Waals surface area contributed by atoms with Gasteiger partial charge in [0.25, 0.3) is 0 Å². The monoisotopic (exact) mass is 183 g/mol. The Morgan fingerprint density at radius 1 is 1.54 bits per heavy atom. The van der Waals surface area contributed by atoms with E-state index in [2.05, 4.69) is 0 Å². The van der Waals surface area contributed by atoms with E-state index < -0.39 is 14.0 Å². The first-order chi connectivity index (χ1) is 7.36. The quantitative estimate of drug-likeness (QED) is 0.652. The molecule has 0 aliphatic rings. The summed E-state index contributed by atoms with van der Waals surface area (Å²) in [6, 6.07) is 4.05. The fourth-order valence-corrected chi connectivity index (χ4v) is 1.04. The number of aryl methyl sites for hydroxylation is 1. The van der Waals surface area contributed by atoms with Gasteiger partial charge >= 0.3 is 7.12 Å². The fraction of sp³-hybridized carbons (Fsp3) is 0.333. The van der Waals surface area contributed by atoms with Crippen LogP contribution in [0.5, 0.6) is 5.75 Å². The highest BCUT2D eigenvalue weighted by molar-refractivity contribution is 6.59. The lowest BCUT2D eigenvalue weighted by Gasteiger charge is -2.09. The Bertz CT molecular complexity index is 366. The molecule has 0 aliphatic heterocycles. The van der Waals surface area contributed by atoms with Gasteiger partial charge in [0.05, 0.1) is 6.61 Å². The van der Waals surface area contributed by atoms with Crippen molar-refractivity contribution in [3.05, 3.63) is 23.8 Å². The fourth-order valence-electron chi connectivity index (χ4n) is 1.04. The maximum absolute atomic E-state index is 9.11. The first-order valence-electron chi connectivity index (χ1n) is 5.49. The Morgan fingerprint density at radius 3 is 2.85 bits per heavy atom. The van der Waals surface area contributed by atoms with Crippen LogP contribution in [-0.2, 0) is 0 Å². The first kappa shape index (κ1) is 6.46. The zero-order valence-corrected chi connectivity index (χ0v) is 7.32. The summed E-state index contributed by atoms with van der Waals surface area (Å²) in [5.74, 6) is 0.283. The second kappa shape index (κ2) is 4.30. The minimum atomic E-state index is -2.27. The van der Waals surface area contributed by atoms with Gasteiger partial charge in [0.2, 0.25) is 0 Å². The van der Waals surface area contributed by atoms with E-state index in [1.54, 1.807) is 6.92 Å². The molecule has 0 amide bonds. The van der Waals surface area contributed by atoms with E-state index in [1.807, 2.05) is 0 Å². The van der Waals surface area contributed by atoms with Crippen molar-refractivity contribution in [2.24, 2.45) is 0 Å². The number of benzene rings is 1. The lowest BCUT2D eigenvalue weighted by atomic mass is 9.79. The number of hydrogen-bond acceptors (Lipinski definition) is 3. The molecule has 1 aromatic rings. The van der Waals surface area contributed by atoms with E-state index in [9.17, 15) is 0 Å². The molecule has 0 heterocycles. The molecule has 0 spiro atoms. The highest BCUT2D eigenvalue weighted by Crippen LogP contribution is 2.09. The number of rotatable bonds is 3. The van der Waals surface area contributed by atoms with Gasteiger partial charge in [0, 0.05) is 9.58 Å². The second-order valence-electron chi connectivity index (χ2n) is 2.56. The zero-order chi connectivity index (χ0) is 12.3. The van der Waals surface area contributed by atoms with Crippen molar-refractivity contribution >= 4 is 12.6 Å². The van der Waals surface area contributed by atoms with Crippen LogP contribution in [0.4, 0.5) is 0 Å². The van der Waals surface area contributed by atoms with Crippen molar-refractivity contribution in [3.63, 3.8) is 0 Å². The Labute approximate surface area is 82.3 Å². The minimum Gasteiger partial charge on any atom is -0.494 e. The third-order valence-corrected chi connectivity index (χ3v) is 1.59. The lowest BCUT2D eigenvalue weighted by Crippen LogP contribution is -2.31. The summed E-state index contributed by atoms with van der Waals surface area (Å²) < 4.78 is 26.8. The summed E-state index contributed by atoms with van der Waals surface area (Å²) in [6.45, 7) is -0.146. The Morgan fingerprint density at radius 2 is 2.31 bits per heavy atom. The molecule has 0 unspecified atom stereocenters. The lowest BCUT2D eigenvalue weighted by molar-refractivity contribution is 0.340. The Balaban J connectivity index is 3.17. The molecule has 0 aromatic heterocycles. The van der Waals surface area contributed by atoms with E-state index in [0.29, 0.717) is 6.61 Å². The van der Waals surface area contributed by atoms with Crippen molar-refractivity contribution < 1.29 is 18.9 Å². The van der Waals surface area contributed by atoms with Crippen LogP contribution in [0.25, 0.3) is 0 Å². The minimum absolute atomic E-state index is 0.0547. The molecule has 0 fully saturated rings. The third kappa shape index (κ3) is 2.47. The van der Waals surface area contributed by atoms with Crippen LogP contribution in [-0.4, -0.2) is 23.8 Å². The summed E-state index contributed by atoms with van der Waals surface area (Å²) in [4.78, 5) is 0. The van der Waals surface area contributed by atoms with Gasteiger partial charge in [-0.2, -0.15) is 0 Å². The second-order valence-corrected chi connectivity index (χ2v) is 2.56. The molecule has 0 bridgehead atoms. The predicted molar refractivity (Wildman–Crippen MR) is 52.2 cm³/mol. The van der Waals surface area contributed by atoms with Gasteiger partial charge in [0.1, 0.15) is 5.75 Å². The summed E-state index contributed by atoms with van der Waals surface area (Å²) in [6.07, 6.45) is 0. The predicted octanol–water partition coefficient (Wildman–Crippen LogP) is 0.0735. The number of hydrogen-bond donors (Lipinski definition) is 2. The van der Waals surface area contributed by atoms with Gasteiger partial charge < -0.3 is 14.8 Å².